The number of benzene rings is 1. The molecule has 0 aromatic heterocycles. The van der Waals surface area contributed by atoms with Crippen LogP contribution in [0.15, 0.2) is 30.3 Å². The van der Waals surface area contributed by atoms with Crippen LogP contribution < -0.4 is 9.62 Å². The summed E-state index contributed by atoms with van der Waals surface area (Å²) in [6.45, 7) is -0.128. The first-order valence-electron chi connectivity index (χ1n) is 8.14. The number of ether oxygens (including phenoxy) is 1. The number of halogens is 3. The quantitative estimate of drug-likeness (QED) is 0.365. The van der Waals surface area contributed by atoms with Crippen molar-refractivity contribution in [2.45, 2.75) is 18.3 Å². The molecule has 0 saturated heterocycles. The zero-order chi connectivity index (χ0) is 22.1. The largest absolute Gasteiger partial charge is 0.514 e. The first-order chi connectivity index (χ1) is 13.5. The molecule has 8 nitrogen and oxygen atoms in total. The van der Waals surface area contributed by atoms with Gasteiger partial charge in [0.25, 0.3) is 0 Å². The molecule has 29 heavy (non-hydrogen) atoms. The Bertz CT molecular complexity index is 704. The van der Waals surface area contributed by atoms with E-state index in [0.717, 1.165) is 12.1 Å². The number of amides is 2. The summed E-state index contributed by atoms with van der Waals surface area (Å²) in [7, 11) is -5.49. The van der Waals surface area contributed by atoms with Gasteiger partial charge in [-0.2, -0.15) is 29.2 Å². The summed E-state index contributed by atoms with van der Waals surface area (Å²) in [5, 5.41) is 2.48. The minimum atomic E-state index is -5.49. The van der Waals surface area contributed by atoms with Gasteiger partial charge in [-0.3, -0.25) is 23.5 Å². The highest BCUT2D eigenvalue weighted by molar-refractivity contribution is 8.26. The van der Waals surface area contributed by atoms with Gasteiger partial charge < -0.3 is 10.1 Å². The summed E-state index contributed by atoms with van der Waals surface area (Å²) in [5.41, 5.74) is -5.85. The number of nitrogens with zero attached hydrogens (tertiary/aromatic N) is 1. The van der Waals surface area contributed by atoms with E-state index in [-0.39, 0.29) is 34.8 Å². The van der Waals surface area contributed by atoms with E-state index >= 15 is 0 Å². The standard InChI is InChI=1S/C16H21F3N2O6S2/c1-28-11-13(22)20-9-10-27-15(24)8-7-14(23)21(12-5-3-2-4-6-12)29(25,26)16(17,18)19/h2-6,25-26H,7-11H2,1H3,(H,20,22). The molecule has 1 aromatic rings. The molecule has 0 aliphatic carbocycles. The molecule has 0 aliphatic rings. The zero-order valence-corrected chi connectivity index (χ0v) is 17.0. The van der Waals surface area contributed by atoms with E-state index in [9.17, 15) is 36.7 Å². The molecule has 1 aromatic carbocycles. The number of carbonyl (C=O) groups excluding carboxylic acids is 3. The van der Waals surface area contributed by atoms with Gasteiger partial charge in [0.2, 0.25) is 11.8 Å². The van der Waals surface area contributed by atoms with Crippen LogP contribution in [-0.2, 0) is 19.1 Å². The van der Waals surface area contributed by atoms with E-state index in [2.05, 4.69) is 5.32 Å². The molecule has 0 aliphatic heterocycles. The maximum Gasteiger partial charge on any atom is 0.514 e. The molecule has 1 rings (SSSR count). The van der Waals surface area contributed by atoms with Gasteiger partial charge in [-0.05, 0) is 29.2 Å². The van der Waals surface area contributed by atoms with E-state index in [1.807, 2.05) is 0 Å². The highest BCUT2D eigenvalue weighted by atomic mass is 32.3. The number of para-hydroxylation sites is 1. The molecule has 0 heterocycles. The topological polar surface area (TPSA) is 116 Å². The van der Waals surface area contributed by atoms with Gasteiger partial charge in [-0.25, -0.2) is 0 Å². The van der Waals surface area contributed by atoms with Crippen molar-refractivity contribution in [2.75, 3.05) is 29.5 Å². The SMILES string of the molecule is CSCC(=O)NCCOC(=O)CCC(=O)N(c1ccccc1)S(O)(O)C(F)(F)F. The molecule has 13 heteroatoms. The normalized spacial score (nSPS) is 12.2. The lowest BCUT2D eigenvalue weighted by Crippen LogP contribution is -2.41. The number of rotatable bonds is 10. The van der Waals surface area contributed by atoms with Crippen LogP contribution in [0.4, 0.5) is 18.9 Å². The molecule has 0 bridgehead atoms. The van der Waals surface area contributed by atoms with Crippen molar-refractivity contribution in [2.24, 2.45) is 0 Å². The van der Waals surface area contributed by atoms with Crippen LogP contribution in [0.5, 0.6) is 0 Å². The fraction of sp³-hybridized carbons (Fsp3) is 0.438. The van der Waals surface area contributed by atoms with Crippen molar-refractivity contribution in [3.05, 3.63) is 30.3 Å². The van der Waals surface area contributed by atoms with Gasteiger partial charge in [0, 0.05) is 6.42 Å². The second-order valence-electron chi connectivity index (χ2n) is 5.49. The van der Waals surface area contributed by atoms with Gasteiger partial charge in [0.1, 0.15) is 6.61 Å². The lowest BCUT2D eigenvalue weighted by Gasteiger charge is -2.42. The predicted octanol–water partition coefficient (Wildman–Crippen LogP) is 3.01. The van der Waals surface area contributed by atoms with Gasteiger partial charge in [0.05, 0.1) is 24.4 Å². The fourth-order valence-electron chi connectivity index (χ4n) is 2.02. The third-order valence-corrected chi connectivity index (χ3v) is 5.38. The average molecular weight is 458 g/mol. The van der Waals surface area contributed by atoms with Crippen LogP contribution in [0.1, 0.15) is 12.8 Å². The summed E-state index contributed by atoms with van der Waals surface area (Å²) >= 11 is 1.31. The second kappa shape index (κ2) is 11.3. The molecule has 0 saturated carbocycles. The van der Waals surface area contributed by atoms with Gasteiger partial charge in [-0.1, -0.05) is 18.2 Å². The number of nitrogens with one attached hydrogen (secondary N) is 1. The van der Waals surface area contributed by atoms with Gasteiger partial charge in [-0.15, -0.1) is 0 Å². The summed E-state index contributed by atoms with van der Waals surface area (Å²) in [6, 6.07) is 6.32. The Morgan fingerprint density at radius 2 is 1.79 bits per heavy atom. The molecule has 0 radical (unpaired) electrons. The highest BCUT2D eigenvalue weighted by Gasteiger charge is 2.52. The van der Waals surface area contributed by atoms with Crippen molar-refractivity contribution in [1.82, 2.24) is 5.32 Å². The number of esters is 1. The van der Waals surface area contributed by atoms with Crippen LogP contribution in [0, 0.1) is 0 Å². The van der Waals surface area contributed by atoms with Crippen LogP contribution in [-0.4, -0.2) is 57.6 Å². The number of hydrogen-bond donors (Lipinski definition) is 3. The Balaban J connectivity index is 2.68. The Morgan fingerprint density at radius 3 is 2.34 bits per heavy atom. The average Bonchev–Trinajstić information content (AvgIpc) is 2.64. The Morgan fingerprint density at radius 1 is 1.17 bits per heavy atom. The maximum atomic E-state index is 13.1. The molecule has 3 N–H and O–H groups in total. The number of anilines is 1. The third-order valence-electron chi connectivity index (χ3n) is 3.29. The van der Waals surface area contributed by atoms with Crippen molar-refractivity contribution < 1.29 is 41.4 Å². The maximum absolute atomic E-state index is 13.1. The van der Waals surface area contributed by atoms with E-state index in [1.54, 1.807) is 6.26 Å². The second-order valence-corrected chi connectivity index (χ2v) is 8.22. The summed E-state index contributed by atoms with van der Waals surface area (Å²) < 4.78 is 63.1. The molecule has 2 amide bonds. The first kappa shape index (κ1) is 25.1. The molecule has 0 fully saturated rings. The monoisotopic (exact) mass is 458 g/mol. The van der Waals surface area contributed by atoms with Crippen LogP contribution >= 0.6 is 22.5 Å². The van der Waals surface area contributed by atoms with E-state index in [1.165, 1.54) is 30.0 Å². The first-order valence-corrected chi connectivity index (χ1v) is 11.0. The van der Waals surface area contributed by atoms with Crippen LogP contribution in [0.3, 0.4) is 0 Å². The minimum Gasteiger partial charge on any atom is -0.464 e. The van der Waals surface area contributed by atoms with Crippen molar-refractivity contribution in [1.29, 1.82) is 0 Å². The third kappa shape index (κ3) is 7.76. The van der Waals surface area contributed by atoms with Crippen LogP contribution in [0.25, 0.3) is 0 Å². The molecule has 0 unspecified atom stereocenters. The fourth-order valence-corrected chi connectivity index (χ4v) is 3.38. The Labute approximate surface area is 171 Å². The molecule has 164 valence electrons. The number of carbonyl (C=O) groups is 3. The molecule has 0 atom stereocenters. The van der Waals surface area contributed by atoms with Crippen molar-refractivity contribution >= 4 is 46.0 Å². The van der Waals surface area contributed by atoms with E-state index in [0.29, 0.717) is 0 Å². The molecule has 0 spiro atoms. The van der Waals surface area contributed by atoms with E-state index < -0.39 is 41.0 Å². The summed E-state index contributed by atoms with van der Waals surface area (Å²) in [6.07, 6.45) is 0.427. The smallest absolute Gasteiger partial charge is 0.464 e. The highest BCUT2D eigenvalue weighted by Crippen LogP contribution is 2.59. The van der Waals surface area contributed by atoms with Gasteiger partial charge in [0.15, 0.2) is 0 Å². The number of alkyl halides is 3. The van der Waals surface area contributed by atoms with Crippen LogP contribution in [0.2, 0.25) is 0 Å². The van der Waals surface area contributed by atoms with Crippen molar-refractivity contribution in [3.8, 4) is 0 Å². The predicted molar refractivity (Wildman–Crippen MR) is 104 cm³/mol. The zero-order valence-electron chi connectivity index (χ0n) is 15.3. The Kier molecular flexibility index (Phi) is 9.76. The Hall–Kier alpha value is -1.96. The molecular weight excluding hydrogens is 437 g/mol. The lowest BCUT2D eigenvalue weighted by atomic mass is 10.2. The number of hydrogen-bond acceptors (Lipinski definition) is 7. The lowest BCUT2D eigenvalue weighted by molar-refractivity contribution is -0.144. The summed E-state index contributed by atoms with van der Waals surface area (Å²) in [5.74, 6) is -2.20. The van der Waals surface area contributed by atoms with E-state index in [4.69, 9.17) is 4.74 Å². The minimum absolute atomic E-state index is 0.0455. The molecular formula is C16H21F3N2O6S2. The van der Waals surface area contributed by atoms with Crippen molar-refractivity contribution in [3.63, 3.8) is 0 Å². The van der Waals surface area contributed by atoms with Gasteiger partial charge >= 0.3 is 11.5 Å². The summed E-state index contributed by atoms with van der Waals surface area (Å²) in [4.78, 5) is 35.2. The number of thioether (sulfide) groups is 1.